The number of hydrogen-bond donors (Lipinski definition) is 1. The van der Waals surface area contributed by atoms with E-state index in [1.807, 2.05) is 0 Å². The fraction of sp³-hybridized carbons (Fsp3) is 0.882. The quantitative estimate of drug-likeness (QED) is 0.618. The topological polar surface area (TPSA) is 57.2 Å². The van der Waals surface area contributed by atoms with Gasteiger partial charge in [-0.1, -0.05) is 0 Å². The Morgan fingerprint density at radius 2 is 1.91 bits per heavy atom. The summed E-state index contributed by atoms with van der Waals surface area (Å²) < 4.78 is 5.49. The Balaban J connectivity index is 1.58. The van der Waals surface area contributed by atoms with Gasteiger partial charge < -0.3 is 19.9 Å². The number of guanidine groups is 1. The van der Waals surface area contributed by atoms with Gasteiger partial charge in [0.25, 0.3) is 0 Å². The van der Waals surface area contributed by atoms with Crippen LogP contribution in [0.15, 0.2) is 4.99 Å². The van der Waals surface area contributed by atoms with Gasteiger partial charge >= 0.3 is 0 Å². The lowest BCUT2D eigenvalue weighted by Crippen LogP contribution is -2.42. The van der Waals surface area contributed by atoms with Crippen LogP contribution in [-0.2, 0) is 9.53 Å². The Labute approximate surface area is 139 Å². The van der Waals surface area contributed by atoms with Gasteiger partial charge in [0.05, 0.1) is 0 Å². The molecule has 0 aromatic rings. The summed E-state index contributed by atoms with van der Waals surface area (Å²) in [4.78, 5) is 20.4. The third-order valence-corrected chi connectivity index (χ3v) is 5.23. The van der Waals surface area contributed by atoms with Crippen molar-refractivity contribution in [1.29, 1.82) is 0 Å². The summed E-state index contributed by atoms with van der Waals surface area (Å²) in [6.07, 6.45) is 6.06. The molecule has 6 heteroatoms. The first-order chi connectivity index (χ1) is 11.1. The summed E-state index contributed by atoms with van der Waals surface area (Å²) in [7, 11) is 3.56. The highest BCUT2D eigenvalue weighted by atomic mass is 16.5. The van der Waals surface area contributed by atoms with Gasteiger partial charge in [0.15, 0.2) is 5.96 Å². The summed E-state index contributed by atoms with van der Waals surface area (Å²) in [6.45, 7) is 4.19. The molecule has 0 aromatic carbocycles. The fourth-order valence-electron chi connectivity index (χ4n) is 3.48. The summed E-state index contributed by atoms with van der Waals surface area (Å²) in [5.74, 6) is 2.53. The minimum absolute atomic E-state index is 0.0558. The highest BCUT2D eigenvalue weighted by molar-refractivity contribution is 5.85. The molecule has 0 bridgehead atoms. The van der Waals surface area contributed by atoms with E-state index in [2.05, 4.69) is 15.2 Å². The van der Waals surface area contributed by atoms with Crippen molar-refractivity contribution in [3.05, 3.63) is 0 Å². The molecule has 1 N–H and O–H groups in total. The lowest BCUT2D eigenvalue weighted by atomic mass is 9.85. The molecule has 1 unspecified atom stereocenters. The van der Waals surface area contributed by atoms with Gasteiger partial charge in [-0.15, -0.1) is 0 Å². The van der Waals surface area contributed by atoms with Crippen molar-refractivity contribution in [2.45, 2.75) is 38.1 Å². The van der Waals surface area contributed by atoms with Crippen molar-refractivity contribution in [3.63, 3.8) is 0 Å². The molecular formula is C17H30N4O2. The van der Waals surface area contributed by atoms with Crippen LogP contribution in [0.3, 0.4) is 0 Å². The zero-order valence-electron chi connectivity index (χ0n) is 14.5. The van der Waals surface area contributed by atoms with Crippen LogP contribution in [0.25, 0.3) is 0 Å². The van der Waals surface area contributed by atoms with Crippen molar-refractivity contribution < 1.29 is 9.53 Å². The molecule has 3 fully saturated rings. The van der Waals surface area contributed by atoms with E-state index in [1.54, 1.807) is 19.0 Å². The molecule has 2 heterocycles. The van der Waals surface area contributed by atoms with Crippen LogP contribution in [0.2, 0.25) is 0 Å². The number of nitrogens with zero attached hydrogens (tertiary/aromatic N) is 3. The first-order valence-electron chi connectivity index (χ1n) is 8.97. The third kappa shape index (κ3) is 4.59. The van der Waals surface area contributed by atoms with E-state index in [-0.39, 0.29) is 12.5 Å². The molecule has 1 amide bonds. The minimum Gasteiger partial charge on any atom is -0.381 e. The maximum atomic E-state index is 11.8. The fourth-order valence-corrected chi connectivity index (χ4v) is 3.48. The molecule has 0 spiro atoms. The largest absolute Gasteiger partial charge is 0.381 e. The molecule has 1 saturated carbocycles. The zero-order valence-corrected chi connectivity index (χ0v) is 14.5. The second-order valence-electron chi connectivity index (χ2n) is 7.29. The number of rotatable bonds is 4. The van der Waals surface area contributed by atoms with Crippen LogP contribution < -0.4 is 5.32 Å². The lowest BCUT2D eigenvalue weighted by Gasteiger charge is -2.28. The third-order valence-electron chi connectivity index (χ3n) is 5.23. The molecule has 3 aliphatic rings. The molecule has 23 heavy (non-hydrogen) atoms. The molecule has 6 nitrogen and oxygen atoms in total. The minimum atomic E-state index is 0.0558. The monoisotopic (exact) mass is 322 g/mol. The van der Waals surface area contributed by atoms with E-state index in [1.165, 1.54) is 32.1 Å². The van der Waals surface area contributed by atoms with E-state index < -0.39 is 0 Å². The first kappa shape index (κ1) is 16.6. The zero-order chi connectivity index (χ0) is 16.2. The van der Waals surface area contributed by atoms with E-state index >= 15 is 0 Å². The number of hydrogen-bond acceptors (Lipinski definition) is 3. The van der Waals surface area contributed by atoms with Crippen LogP contribution in [0.4, 0.5) is 0 Å². The number of carbonyl (C=O) groups excluding carboxylic acids is 1. The van der Waals surface area contributed by atoms with Gasteiger partial charge in [-0.25, -0.2) is 4.99 Å². The molecule has 0 radical (unpaired) electrons. The van der Waals surface area contributed by atoms with E-state index in [0.717, 1.165) is 44.1 Å². The van der Waals surface area contributed by atoms with Crippen molar-refractivity contribution in [2.24, 2.45) is 16.8 Å². The van der Waals surface area contributed by atoms with Crippen molar-refractivity contribution in [2.75, 3.05) is 46.9 Å². The summed E-state index contributed by atoms with van der Waals surface area (Å²) in [5.41, 5.74) is 0. The Morgan fingerprint density at radius 1 is 1.17 bits per heavy atom. The van der Waals surface area contributed by atoms with E-state index in [0.29, 0.717) is 6.04 Å². The molecule has 3 rings (SSSR count). The smallest absolute Gasteiger partial charge is 0.243 e. The summed E-state index contributed by atoms with van der Waals surface area (Å²) >= 11 is 0. The highest BCUT2D eigenvalue weighted by Crippen LogP contribution is 2.31. The number of carbonyl (C=O) groups is 1. The van der Waals surface area contributed by atoms with Gasteiger partial charge in [0.1, 0.15) is 6.54 Å². The van der Waals surface area contributed by atoms with E-state index in [4.69, 9.17) is 4.74 Å². The molecule has 1 atom stereocenters. The van der Waals surface area contributed by atoms with Crippen LogP contribution in [0.1, 0.15) is 32.1 Å². The second-order valence-corrected chi connectivity index (χ2v) is 7.29. The molecule has 2 aliphatic heterocycles. The average Bonchev–Trinajstić information content (AvgIpc) is 3.25. The van der Waals surface area contributed by atoms with Gasteiger partial charge in [0, 0.05) is 46.4 Å². The second kappa shape index (κ2) is 7.51. The predicted molar refractivity (Wildman–Crippen MR) is 90.4 cm³/mol. The summed E-state index contributed by atoms with van der Waals surface area (Å²) in [5, 5.41) is 3.53. The Hall–Kier alpha value is -1.30. The van der Waals surface area contributed by atoms with Crippen LogP contribution in [-0.4, -0.2) is 74.7 Å². The number of nitrogens with one attached hydrogen (secondary N) is 1. The molecular weight excluding hydrogens is 292 g/mol. The van der Waals surface area contributed by atoms with Gasteiger partial charge in [-0.3, -0.25) is 4.79 Å². The van der Waals surface area contributed by atoms with Crippen molar-refractivity contribution in [3.8, 4) is 0 Å². The molecule has 1 aliphatic carbocycles. The number of amides is 1. The maximum Gasteiger partial charge on any atom is 0.243 e. The standard InChI is InChI=1S/C17H30N4O2/c1-20(2)16(22)11-18-17(19-15-3-4-15)21-8-5-14(12-21)13-6-9-23-10-7-13/h13-15H,3-12H2,1-2H3,(H,18,19). The highest BCUT2D eigenvalue weighted by Gasteiger charge is 2.33. The maximum absolute atomic E-state index is 11.8. The number of likely N-dealkylation sites (tertiary alicyclic amines) is 1. The van der Waals surface area contributed by atoms with Crippen LogP contribution in [0.5, 0.6) is 0 Å². The normalized spacial score (nSPS) is 26.4. The van der Waals surface area contributed by atoms with Crippen LogP contribution >= 0.6 is 0 Å². The molecule has 2 saturated heterocycles. The first-order valence-corrected chi connectivity index (χ1v) is 8.97. The Morgan fingerprint density at radius 3 is 2.57 bits per heavy atom. The Kier molecular flexibility index (Phi) is 5.41. The van der Waals surface area contributed by atoms with Crippen molar-refractivity contribution in [1.82, 2.24) is 15.1 Å². The number of likely N-dealkylation sites (N-methyl/N-ethyl adjacent to an activating group) is 1. The number of aliphatic imine (C=N–C) groups is 1. The van der Waals surface area contributed by atoms with Gasteiger partial charge in [-0.05, 0) is 43.9 Å². The number of ether oxygens (including phenoxy) is 1. The predicted octanol–water partition coefficient (Wildman–Crippen LogP) is 0.931. The lowest BCUT2D eigenvalue weighted by molar-refractivity contribution is -0.127. The Bertz CT molecular complexity index is 442. The van der Waals surface area contributed by atoms with Crippen LogP contribution in [0, 0.1) is 11.8 Å². The SMILES string of the molecule is CN(C)C(=O)CN=C(NC1CC1)N1CCC(C2CCOCC2)C1. The molecule has 130 valence electrons. The van der Waals surface area contributed by atoms with Gasteiger partial charge in [0.2, 0.25) is 5.91 Å². The average molecular weight is 322 g/mol. The van der Waals surface area contributed by atoms with Crippen molar-refractivity contribution >= 4 is 11.9 Å². The molecule has 0 aromatic heterocycles. The van der Waals surface area contributed by atoms with E-state index in [9.17, 15) is 4.79 Å². The van der Waals surface area contributed by atoms with Gasteiger partial charge in [-0.2, -0.15) is 0 Å². The summed E-state index contributed by atoms with van der Waals surface area (Å²) in [6, 6.07) is 0.560.